The average Bonchev–Trinajstić information content (AvgIpc) is 2.59. The van der Waals surface area contributed by atoms with Gasteiger partial charge in [-0.15, -0.1) is 0 Å². The Labute approximate surface area is 139 Å². The molecule has 2 aromatic rings. The molecule has 1 heterocycles. The third-order valence-electron chi connectivity index (χ3n) is 3.50. The SMILES string of the molecule is CCOC(=O)CCCNC(=O)CCn1cnc2ccccc2c1=O. The summed E-state index contributed by atoms with van der Waals surface area (Å²) < 4.78 is 6.24. The zero-order chi connectivity index (χ0) is 17.4. The number of para-hydroxylation sites is 1. The molecule has 0 saturated carbocycles. The molecule has 0 aliphatic rings. The fraction of sp³-hybridized carbons (Fsp3) is 0.412. The number of aromatic nitrogens is 2. The Hall–Kier alpha value is -2.70. The zero-order valence-corrected chi connectivity index (χ0v) is 13.7. The van der Waals surface area contributed by atoms with E-state index < -0.39 is 0 Å². The predicted molar refractivity (Wildman–Crippen MR) is 89.5 cm³/mol. The Morgan fingerprint density at radius 3 is 2.83 bits per heavy atom. The molecule has 1 aromatic heterocycles. The van der Waals surface area contributed by atoms with E-state index in [1.54, 1.807) is 25.1 Å². The Morgan fingerprint density at radius 2 is 2.04 bits per heavy atom. The number of nitrogens with zero attached hydrogens (tertiary/aromatic N) is 2. The van der Waals surface area contributed by atoms with Crippen LogP contribution in [0.5, 0.6) is 0 Å². The summed E-state index contributed by atoms with van der Waals surface area (Å²) in [6.45, 7) is 2.78. The van der Waals surface area contributed by atoms with Gasteiger partial charge in [-0.25, -0.2) is 4.98 Å². The van der Waals surface area contributed by atoms with E-state index in [1.165, 1.54) is 10.9 Å². The van der Waals surface area contributed by atoms with Crippen molar-refractivity contribution in [3.05, 3.63) is 40.9 Å². The number of hydrogen-bond acceptors (Lipinski definition) is 5. The van der Waals surface area contributed by atoms with Gasteiger partial charge >= 0.3 is 5.97 Å². The maximum atomic E-state index is 12.3. The summed E-state index contributed by atoms with van der Waals surface area (Å²) in [4.78, 5) is 39.5. The first-order valence-electron chi connectivity index (χ1n) is 7.98. The fourth-order valence-corrected chi connectivity index (χ4v) is 2.27. The Kier molecular flexibility index (Phi) is 6.48. The zero-order valence-electron chi connectivity index (χ0n) is 13.7. The molecular weight excluding hydrogens is 310 g/mol. The molecule has 0 aliphatic carbocycles. The largest absolute Gasteiger partial charge is 0.466 e. The Morgan fingerprint density at radius 1 is 1.25 bits per heavy atom. The van der Waals surface area contributed by atoms with E-state index in [4.69, 9.17) is 4.74 Å². The van der Waals surface area contributed by atoms with E-state index in [0.717, 1.165) is 0 Å². The average molecular weight is 331 g/mol. The van der Waals surface area contributed by atoms with Crippen LogP contribution in [0.2, 0.25) is 0 Å². The summed E-state index contributed by atoms with van der Waals surface area (Å²) in [6.07, 6.45) is 2.45. The molecule has 0 spiro atoms. The molecule has 0 radical (unpaired) electrons. The van der Waals surface area contributed by atoms with Crippen molar-refractivity contribution in [1.82, 2.24) is 14.9 Å². The van der Waals surface area contributed by atoms with E-state index in [0.29, 0.717) is 30.5 Å². The molecule has 1 amide bonds. The van der Waals surface area contributed by atoms with Crippen molar-refractivity contribution in [2.45, 2.75) is 32.7 Å². The minimum absolute atomic E-state index is 0.157. The number of rotatable bonds is 8. The van der Waals surface area contributed by atoms with Gasteiger partial charge in [0, 0.05) is 25.9 Å². The van der Waals surface area contributed by atoms with Crippen molar-refractivity contribution in [2.75, 3.05) is 13.2 Å². The molecule has 0 aliphatic heterocycles. The highest BCUT2D eigenvalue weighted by molar-refractivity contribution is 5.77. The maximum Gasteiger partial charge on any atom is 0.305 e. The number of benzene rings is 1. The van der Waals surface area contributed by atoms with Crippen molar-refractivity contribution in [2.24, 2.45) is 0 Å². The standard InChI is InChI=1S/C17H21N3O4/c1-2-24-16(22)8-5-10-18-15(21)9-11-20-12-19-14-7-4-3-6-13(14)17(20)23/h3-4,6-7,12H,2,5,8-11H2,1H3,(H,18,21). The number of nitrogens with one attached hydrogen (secondary N) is 1. The van der Waals surface area contributed by atoms with Gasteiger partial charge < -0.3 is 10.1 Å². The molecule has 7 heteroatoms. The van der Waals surface area contributed by atoms with Crippen LogP contribution in [0.1, 0.15) is 26.2 Å². The molecule has 1 N–H and O–H groups in total. The number of ether oxygens (including phenoxy) is 1. The third-order valence-corrected chi connectivity index (χ3v) is 3.50. The Bertz CT molecular complexity index is 770. The van der Waals surface area contributed by atoms with E-state index in [9.17, 15) is 14.4 Å². The molecule has 128 valence electrons. The molecular formula is C17H21N3O4. The highest BCUT2D eigenvalue weighted by atomic mass is 16.5. The summed E-state index contributed by atoms with van der Waals surface area (Å²) in [5.74, 6) is -0.431. The van der Waals surface area contributed by atoms with Gasteiger partial charge in [-0.1, -0.05) is 12.1 Å². The molecule has 1 aromatic carbocycles. The van der Waals surface area contributed by atoms with Crippen LogP contribution in [0.15, 0.2) is 35.4 Å². The van der Waals surface area contributed by atoms with Gasteiger partial charge in [-0.3, -0.25) is 19.0 Å². The second-order valence-corrected chi connectivity index (χ2v) is 5.27. The van der Waals surface area contributed by atoms with Crippen LogP contribution < -0.4 is 10.9 Å². The lowest BCUT2D eigenvalue weighted by molar-refractivity contribution is -0.143. The van der Waals surface area contributed by atoms with Crippen LogP contribution >= 0.6 is 0 Å². The third kappa shape index (κ3) is 4.91. The highest BCUT2D eigenvalue weighted by Crippen LogP contribution is 2.04. The second kappa shape index (κ2) is 8.81. The van der Waals surface area contributed by atoms with Gasteiger partial charge in [0.15, 0.2) is 0 Å². The second-order valence-electron chi connectivity index (χ2n) is 5.27. The van der Waals surface area contributed by atoms with Gasteiger partial charge in [0.2, 0.25) is 5.91 Å². The number of fused-ring (bicyclic) bond motifs is 1. The topological polar surface area (TPSA) is 90.3 Å². The number of carbonyl (C=O) groups is 2. The van der Waals surface area contributed by atoms with Gasteiger partial charge in [0.05, 0.1) is 23.8 Å². The number of amides is 1. The van der Waals surface area contributed by atoms with Crippen molar-refractivity contribution in [3.8, 4) is 0 Å². The first-order valence-corrected chi connectivity index (χ1v) is 7.98. The van der Waals surface area contributed by atoms with E-state index >= 15 is 0 Å². The maximum absolute atomic E-state index is 12.3. The van der Waals surface area contributed by atoms with E-state index in [2.05, 4.69) is 10.3 Å². The lowest BCUT2D eigenvalue weighted by atomic mass is 10.2. The molecule has 0 unspecified atom stereocenters. The molecule has 7 nitrogen and oxygen atoms in total. The molecule has 0 bridgehead atoms. The van der Waals surface area contributed by atoms with Crippen molar-refractivity contribution in [1.29, 1.82) is 0 Å². The fourth-order valence-electron chi connectivity index (χ4n) is 2.27. The lowest BCUT2D eigenvalue weighted by Gasteiger charge is -2.07. The highest BCUT2D eigenvalue weighted by Gasteiger charge is 2.07. The summed E-state index contributed by atoms with van der Waals surface area (Å²) in [6, 6.07) is 7.10. The van der Waals surface area contributed by atoms with Crippen LogP contribution in [0.3, 0.4) is 0 Å². The summed E-state index contributed by atoms with van der Waals surface area (Å²) in [5, 5.41) is 3.26. The molecule has 0 atom stereocenters. The van der Waals surface area contributed by atoms with Crippen molar-refractivity contribution >= 4 is 22.8 Å². The first-order chi connectivity index (χ1) is 11.6. The van der Waals surface area contributed by atoms with Crippen LogP contribution in [0, 0.1) is 0 Å². The number of hydrogen-bond donors (Lipinski definition) is 1. The van der Waals surface area contributed by atoms with E-state index in [-0.39, 0.29) is 36.8 Å². The predicted octanol–water partition coefficient (Wildman–Crippen LogP) is 1.25. The monoisotopic (exact) mass is 331 g/mol. The van der Waals surface area contributed by atoms with Gasteiger partial charge in [0.25, 0.3) is 5.56 Å². The Balaban J connectivity index is 1.79. The number of aryl methyl sites for hydroxylation is 1. The van der Waals surface area contributed by atoms with Crippen LogP contribution in [0.4, 0.5) is 0 Å². The molecule has 2 rings (SSSR count). The quantitative estimate of drug-likeness (QED) is 0.581. The first kappa shape index (κ1) is 17.7. The molecule has 0 saturated heterocycles. The summed E-state index contributed by atoms with van der Waals surface area (Å²) >= 11 is 0. The minimum atomic E-state index is -0.263. The molecule has 24 heavy (non-hydrogen) atoms. The molecule has 0 fully saturated rings. The summed E-state index contributed by atoms with van der Waals surface area (Å²) in [5.41, 5.74) is 0.484. The lowest BCUT2D eigenvalue weighted by Crippen LogP contribution is -2.28. The van der Waals surface area contributed by atoms with Gasteiger partial charge in [-0.05, 0) is 25.5 Å². The number of carbonyl (C=O) groups excluding carboxylic acids is 2. The van der Waals surface area contributed by atoms with Crippen molar-refractivity contribution < 1.29 is 14.3 Å². The van der Waals surface area contributed by atoms with Crippen LogP contribution in [-0.2, 0) is 20.9 Å². The summed E-state index contributed by atoms with van der Waals surface area (Å²) in [7, 11) is 0. The smallest absolute Gasteiger partial charge is 0.305 e. The van der Waals surface area contributed by atoms with Crippen molar-refractivity contribution in [3.63, 3.8) is 0 Å². The van der Waals surface area contributed by atoms with Crippen LogP contribution in [0.25, 0.3) is 10.9 Å². The normalized spacial score (nSPS) is 10.5. The number of esters is 1. The van der Waals surface area contributed by atoms with Gasteiger partial charge in [-0.2, -0.15) is 0 Å². The minimum Gasteiger partial charge on any atom is -0.466 e. The van der Waals surface area contributed by atoms with Gasteiger partial charge in [0.1, 0.15) is 0 Å². The van der Waals surface area contributed by atoms with Crippen LogP contribution in [-0.4, -0.2) is 34.6 Å². The van der Waals surface area contributed by atoms with E-state index in [1.807, 2.05) is 6.07 Å².